The van der Waals surface area contributed by atoms with E-state index in [2.05, 4.69) is 20.6 Å². The number of carbonyl (C=O) groups excluding carboxylic acids is 1. The number of amides is 1. The molecule has 2 rings (SSSR count). The molecule has 2 aromatic heterocycles. The average Bonchev–Trinajstić information content (AvgIpc) is 2.86. The zero-order chi connectivity index (χ0) is 13.8. The van der Waals surface area contributed by atoms with Gasteiger partial charge in [0.05, 0.1) is 12.7 Å². The van der Waals surface area contributed by atoms with Crippen LogP contribution in [0.25, 0.3) is 5.65 Å². The second-order valence-corrected chi connectivity index (χ2v) is 4.17. The summed E-state index contributed by atoms with van der Waals surface area (Å²) in [6, 6.07) is 0. The van der Waals surface area contributed by atoms with Gasteiger partial charge in [-0.3, -0.25) is 4.79 Å². The number of fused-ring (bicyclic) bond motifs is 1. The molecule has 0 spiro atoms. The molecule has 0 radical (unpaired) electrons. The zero-order valence-electron chi connectivity index (χ0n) is 11.3. The van der Waals surface area contributed by atoms with Crippen LogP contribution in [0.3, 0.4) is 0 Å². The van der Waals surface area contributed by atoms with Crippen molar-refractivity contribution >= 4 is 23.2 Å². The molecule has 19 heavy (non-hydrogen) atoms. The number of imidazole rings is 1. The molecule has 0 aliphatic heterocycles. The van der Waals surface area contributed by atoms with E-state index >= 15 is 0 Å². The second-order valence-electron chi connectivity index (χ2n) is 4.17. The third kappa shape index (κ3) is 2.75. The predicted molar refractivity (Wildman–Crippen MR) is 74.5 cm³/mol. The summed E-state index contributed by atoms with van der Waals surface area (Å²) in [5.74, 6) is 1.36. The summed E-state index contributed by atoms with van der Waals surface area (Å²) in [5.41, 5.74) is 0.730. The van der Waals surface area contributed by atoms with Gasteiger partial charge in [0.2, 0.25) is 5.91 Å². The van der Waals surface area contributed by atoms with Crippen LogP contribution >= 0.6 is 0 Å². The molecule has 102 valence electrons. The van der Waals surface area contributed by atoms with Crippen molar-refractivity contribution in [3.05, 3.63) is 18.6 Å². The minimum Gasteiger partial charge on any atom is -0.369 e. The Balaban J connectivity index is 2.39. The minimum atomic E-state index is -0.0668. The van der Waals surface area contributed by atoms with Gasteiger partial charge in [-0.2, -0.15) is 0 Å². The number of nitrogens with one attached hydrogen (secondary N) is 2. The smallest absolute Gasteiger partial charge is 0.239 e. The van der Waals surface area contributed by atoms with Gasteiger partial charge in [0.15, 0.2) is 11.5 Å². The number of hydrogen-bond donors (Lipinski definition) is 2. The number of aromatic nitrogens is 3. The monoisotopic (exact) mass is 262 g/mol. The molecule has 0 atom stereocenters. The molecule has 7 nitrogen and oxygen atoms in total. The maximum Gasteiger partial charge on any atom is 0.239 e. The van der Waals surface area contributed by atoms with E-state index in [0.29, 0.717) is 5.82 Å². The van der Waals surface area contributed by atoms with Crippen LogP contribution in [0.1, 0.15) is 6.92 Å². The van der Waals surface area contributed by atoms with Crippen molar-refractivity contribution in [3.8, 4) is 0 Å². The van der Waals surface area contributed by atoms with Crippen LogP contribution < -0.4 is 15.5 Å². The van der Waals surface area contributed by atoms with Crippen LogP contribution in [0, 0.1) is 0 Å². The number of carbonyl (C=O) groups is 1. The molecular weight excluding hydrogens is 244 g/mol. The molecule has 0 saturated heterocycles. The molecule has 0 bridgehead atoms. The highest BCUT2D eigenvalue weighted by atomic mass is 16.1. The van der Waals surface area contributed by atoms with Crippen molar-refractivity contribution in [2.24, 2.45) is 0 Å². The Morgan fingerprint density at radius 2 is 2.32 bits per heavy atom. The lowest BCUT2D eigenvalue weighted by atomic mass is 10.4. The van der Waals surface area contributed by atoms with Crippen LogP contribution in [0.4, 0.5) is 11.6 Å². The van der Waals surface area contributed by atoms with Crippen molar-refractivity contribution in [3.63, 3.8) is 0 Å². The highest BCUT2D eigenvalue weighted by Crippen LogP contribution is 2.19. The molecule has 7 heteroatoms. The van der Waals surface area contributed by atoms with Crippen LogP contribution in [0.15, 0.2) is 18.6 Å². The van der Waals surface area contributed by atoms with E-state index in [0.717, 1.165) is 18.0 Å². The molecule has 1 amide bonds. The van der Waals surface area contributed by atoms with E-state index in [4.69, 9.17) is 0 Å². The molecule has 0 aliphatic carbocycles. The fourth-order valence-electron chi connectivity index (χ4n) is 1.81. The Hall–Kier alpha value is -2.31. The molecule has 2 N–H and O–H groups in total. The van der Waals surface area contributed by atoms with Gasteiger partial charge in [-0.1, -0.05) is 0 Å². The van der Waals surface area contributed by atoms with E-state index in [9.17, 15) is 4.79 Å². The molecule has 0 aromatic carbocycles. The molecule has 0 aliphatic rings. The standard InChI is InChI=1S/C12H18N6O/c1-4-14-9-7-18-6-5-15-11(18)12(16-9)17(3)8-10(19)13-2/h5-7,14H,4,8H2,1-3H3,(H,13,19). The first-order chi connectivity index (χ1) is 9.15. The Morgan fingerprint density at radius 3 is 3.00 bits per heavy atom. The summed E-state index contributed by atoms with van der Waals surface area (Å²) in [6.07, 6.45) is 5.45. The molecule has 2 heterocycles. The Kier molecular flexibility index (Phi) is 3.84. The van der Waals surface area contributed by atoms with Crippen LogP contribution in [0.5, 0.6) is 0 Å². The third-order valence-electron chi connectivity index (χ3n) is 2.74. The normalized spacial score (nSPS) is 10.5. The molecule has 0 fully saturated rings. The lowest BCUT2D eigenvalue weighted by Gasteiger charge is -2.18. The molecular formula is C12H18N6O. The summed E-state index contributed by atoms with van der Waals surface area (Å²) in [6.45, 7) is 3.03. The van der Waals surface area contributed by atoms with E-state index in [-0.39, 0.29) is 12.5 Å². The first kappa shape index (κ1) is 13.1. The predicted octanol–water partition coefficient (Wildman–Crippen LogP) is 0.343. The molecule has 2 aromatic rings. The van der Waals surface area contributed by atoms with Gasteiger partial charge in [0.25, 0.3) is 0 Å². The third-order valence-corrected chi connectivity index (χ3v) is 2.74. The summed E-state index contributed by atoms with van der Waals surface area (Å²) < 4.78 is 1.89. The van der Waals surface area contributed by atoms with E-state index in [1.807, 2.05) is 30.8 Å². The molecule has 0 saturated carbocycles. The minimum absolute atomic E-state index is 0.0668. The average molecular weight is 262 g/mol. The Labute approximate surface area is 111 Å². The summed E-state index contributed by atoms with van der Waals surface area (Å²) in [5, 5.41) is 5.76. The highest BCUT2D eigenvalue weighted by molar-refractivity contribution is 5.82. The maximum absolute atomic E-state index is 11.5. The topological polar surface area (TPSA) is 74.6 Å². The van der Waals surface area contributed by atoms with Gasteiger partial charge in [0.1, 0.15) is 5.82 Å². The lowest BCUT2D eigenvalue weighted by Crippen LogP contribution is -2.33. The van der Waals surface area contributed by atoms with Gasteiger partial charge in [-0.05, 0) is 6.92 Å². The van der Waals surface area contributed by atoms with Crippen molar-refractivity contribution in [2.75, 3.05) is 37.4 Å². The highest BCUT2D eigenvalue weighted by Gasteiger charge is 2.13. The number of nitrogens with zero attached hydrogens (tertiary/aromatic N) is 4. The number of likely N-dealkylation sites (N-methyl/N-ethyl adjacent to an activating group) is 2. The summed E-state index contributed by atoms with van der Waals surface area (Å²) in [7, 11) is 3.44. The fraction of sp³-hybridized carbons (Fsp3) is 0.417. The zero-order valence-corrected chi connectivity index (χ0v) is 11.3. The van der Waals surface area contributed by atoms with E-state index < -0.39 is 0 Å². The van der Waals surface area contributed by atoms with Crippen molar-refractivity contribution in [1.82, 2.24) is 19.7 Å². The SMILES string of the molecule is CCNc1cn2ccnc2c(N(C)CC(=O)NC)n1. The summed E-state index contributed by atoms with van der Waals surface area (Å²) >= 11 is 0. The fourth-order valence-corrected chi connectivity index (χ4v) is 1.81. The van der Waals surface area contributed by atoms with E-state index in [1.54, 1.807) is 18.1 Å². The maximum atomic E-state index is 11.5. The van der Waals surface area contributed by atoms with Gasteiger partial charge >= 0.3 is 0 Å². The van der Waals surface area contributed by atoms with Crippen molar-refractivity contribution < 1.29 is 4.79 Å². The molecule has 0 unspecified atom stereocenters. The number of hydrogen-bond acceptors (Lipinski definition) is 5. The number of anilines is 2. The van der Waals surface area contributed by atoms with Gasteiger partial charge in [-0.25, -0.2) is 9.97 Å². The first-order valence-electron chi connectivity index (χ1n) is 6.15. The van der Waals surface area contributed by atoms with Crippen LogP contribution in [-0.2, 0) is 4.79 Å². The van der Waals surface area contributed by atoms with Crippen LogP contribution in [0.2, 0.25) is 0 Å². The summed E-state index contributed by atoms with van der Waals surface area (Å²) in [4.78, 5) is 22.0. The Morgan fingerprint density at radius 1 is 1.53 bits per heavy atom. The van der Waals surface area contributed by atoms with Gasteiger partial charge in [-0.15, -0.1) is 0 Å². The lowest BCUT2D eigenvalue weighted by molar-refractivity contribution is -0.119. The van der Waals surface area contributed by atoms with Crippen molar-refractivity contribution in [2.45, 2.75) is 6.92 Å². The van der Waals surface area contributed by atoms with Crippen LogP contribution in [-0.4, -0.2) is 47.5 Å². The Bertz CT molecular complexity index is 579. The van der Waals surface area contributed by atoms with Gasteiger partial charge < -0.3 is 19.9 Å². The quantitative estimate of drug-likeness (QED) is 0.813. The number of rotatable bonds is 5. The second kappa shape index (κ2) is 5.55. The van der Waals surface area contributed by atoms with E-state index in [1.165, 1.54) is 0 Å². The largest absolute Gasteiger partial charge is 0.369 e. The first-order valence-corrected chi connectivity index (χ1v) is 6.15. The van der Waals surface area contributed by atoms with Crippen molar-refractivity contribution in [1.29, 1.82) is 0 Å². The van der Waals surface area contributed by atoms with Gasteiger partial charge in [0, 0.05) is 33.0 Å².